The summed E-state index contributed by atoms with van der Waals surface area (Å²) in [6.45, 7) is -0.0103. The summed E-state index contributed by atoms with van der Waals surface area (Å²) in [6.07, 6.45) is 2.71. The van der Waals surface area contributed by atoms with Gasteiger partial charge >= 0.3 is 0 Å². The average molecular weight is 1120 g/mol. The summed E-state index contributed by atoms with van der Waals surface area (Å²) in [7, 11) is 1.62. The highest BCUT2D eigenvalue weighted by Crippen LogP contribution is 2.18. The van der Waals surface area contributed by atoms with E-state index in [-0.39, 0.29) is 76.2 Å². The zero-order valence-corrected chi connectivity index (χ0v) is 45.8. The van der Waals surface area contributed by atoms with Crippen molar-refractivity contribution in [2.24, 2.45) is 33.7 Å². The number of rotatable bonds is 37. The maximum atomic E-state index is 14.6. The van der Waals surface area contributed by atoms with Crippen LogP contribution in [0.15, 0.2) is 102 Å². The average Bonchev–Trinajstić information content (AvgIpc) is 3.45. The van der Waals surface area contributed by atoms with Crippen LogP contribution >= 0.6 is 0 Å². The number of hydrogen-bond donors (Lipinski definition) is 14. The molecule has 0 fully saturated rings. The fourth-order valence-electron chi connectivity index (χ4n) is 8.78. The van der Waals surface area contributed by atoms with Gasteiger partial charge in [-0.15, -0.1) is 0 Å². The van der Waals surface area contributed by atoms with Gasteiger partial charge in [0.15, 0.2) is 5.96 Å². The van der Waals surface area contributed by atoms with Crippen LogP contribution in [0, 0.1) is 0 Å². The third-order valence-electron chi connectivity index (χ3n) is 13.3. The Morgan fingerprint density at radius 3 is 1.56 bits per heavy atom. The number of aliphatic imine (C=N–C) groups is 1. The third kappa shape index (κ3) is 23.4. The van der Waals surface area contributed by atoms with Crippen LogP contribution in [-0.4, -0.2) is 140 Å². The van der Waals surface area contributed by atoms with Crippen molar-refractivity contribution in [2.75, 3.05) is 33.2 Å². The number of phenols is 1. The zero-order valence-electron chi connectivity index (χ0n) is 45.8. The molecule has 0 aliphatic rings. The summed E-state index contributed by atoms with van der Waals surface area (Å²) >= 11 is 0. The number of nitrogens with zero attached hydrogens (tertiary/aromatic N) is 1. The quantitative estimate of drug-likeness (QED) is 0.0111. The molecule has 24 heteroatoms. The van der Waals surface area contributed by atoms with E-state index in [2.05, 4.69) is 47.5 Å². The highest BCUT2D eigenvalue weighted by atomic mass is 16.3. The Morgan fingerprint density at radius 1 is 0.506 bits per heavy atom. The van der Waals surface area contributed by atoms with E-state index >= 15 is 0 Å². The van der Waals surface area contributed by atoms with E-state index in [1.807, 2.05) is 66.7 Å². The maximum Gasteiger partial charge on any atom is 0.243 e. The number of unbranched alkanes of at least 4 members (excludes halogenated alkanes) is 2. The summed E-state index contributed by atoms with van der Waals surface area (Å²) in [4.78, 5) is 126. The SMILES string of the molecule is CN[C@@H](Cc1ccccc1)C(=O)N[C@@H](Cc1ccc(O)cc1)C(=O)N[C@@H](CCCCN)C(=O)N[C@H](CCCN=C(N)N)C(=O)N[C@@H](Cc1ccc2ccccc2c1)C(=O)NCC(=O)N[C@H](CCC=O)C(=O)N[C@@H](CCCCN)C(N)=O. The van der Waals surface area contributed by atoms with Gasteiger partial charge in [0.1, 0.15) is 48.3 Å². The second kappa shape index (κ2) is 35.2. The first-order valence-corrected chi connectivity index (χ1v) is 27.2. The normalized spacial score (nSPS) is 13.6. The van der Waals surface area contributed by atoms with E-state index in [0.717, 1.165) is 16.3 Å². The molecular weight excluding hydrogens is 1040 g/mol. The van der Waals surface area contributed by atoms with Crippen LogP contribution in [-0.2, 0) is 62.4 Å². The summed E-state index contributed by atoms with van der Waals surface area (Å²) in [5.41, 5.74) is 30.2. The summed E-state index contributed by atoms with van der Waals surface area (Å²) in [5.74, 6) is -6.25. The van der Waals surface area contributed by atoms with Crippen molar-refractivity contribution < 1.29 is 48.3 Å². The van der Waals surface area contributed by atoms with Gasteiger partial charge in [0.05, 0.1) is 12.6 Å². The molecule has 0 saturated carbocycles. The van der Waals surface area contributed by atoms with E-state index < -0.39 is 96.1 Å². The Labute approximate surface area is 471 Å². The number of carbonyl (C=O) groups is 9. The molecule has 0 aliphatic carbocycles. The minimum absolute atomic E-state index is 0.00807. The molecular formula is C57H80N14O10. The Morgan fingerprint density at radius 2 is 0.975 bits per heavy atom. The van der Waals surface area contributed by atoms with E-state index in [0.29, 0.717) is 56.1 Å². The Balaban J connectivity index is 1.62. The highest BCUT2D eigenvalue weighted by molar-refractivity contribution is 5.97. The minimum Gasteiger partial charge on any atom is -0.508 e. The fourth-order valence-corrected chi connectivity index (χ4v) is 8.78. The molecule has 0 aliphatic heterocycles. The first-order valence-electron chi connectivity index (χ1n) is 27.2. The molecule has 0 aromatic heterocycles. The predicted octanol–water partition coefficient (Wildman–Crippen LogP) is -1.04. The number of amides is 8. The largest absolute Gasteiger partial charge is 0.508 e. The van der Waals surface area contributed by atoms with Gasteiger partial charge in [-0.1, -0.05) is 84.9 Å². The van der Waals surface area contributed by atoms with Crippen molar-refractivity contribution in [3.05, 3.63) is 114 Å². The van der Waals surface area contributed by atoms with Gasteiger partial charge < -0.3 is 81.1 Å². The van der Waals surface area contributed by atoms with Gasteiger partial charge in [0.25, 0.3) is 0 Å². The predicted molar refractivity (Wildman–Crippen MR) is 307 cm³/mol. The van der Waals surface area contributed by atoms with Gasteiger partial charge in [-0.05, 0) is 124 Å². The van der Waals surface area contributed by atoms with E-state index in [4.69, 9.17) is 28.7 Å². The fraction of sp³-hybridized carbons (Fsp3) is 0.439. The van der Waals surface area contributed by atoms with Crippen LogP contribution in [0.4, 0.5) is 0 Å². The van der Waals surface area contributed by atoms with Crippen LogP contribution < -0.4 is 71.2 Å². The number of carbonyl (C=O) groups excluding carboxylic acids is 9. The van der Waals surface area contributed by atoms with Gasteiger partial charge in [-0.25, -0.2) is 0 Å². The van der Waals surface area contributed by atoms with E-state index in [1.165, 1.54) is 12.1 Å². The number of likely N-dealkylation sites (N-methyl/N-ethyl adjacent to an activating group) is 1. The van der Waals surface area contributed by atoms with Crippen molar-refractivity contribution in [3.63, 3.8) is 0 Å². The van der Waals surface area contributed by atoms with Crippen LogP contribution in [0.3, 0.4) is 0 Å². The van der Waals surface area contributed by atoms with Crippen LogP contribution in [0.25, 0.3) is 10.8 Å². The molecule has 0 radical (unpaired) electrons. The Kier molecular flexibility index (Phi) is 28.3. The number of phenolic OH excluding ortho intramolecular Hbond substituents is 1. The number of aldehydes is 1. The van der Waals surface area contributed by atoms with Crippen molar-refractivity contribution in [1.29, 1.82) is 0 Å². The molecule has 4 aromatic rings. The molecule has 0 heterocycles. The van der Waals surface area contributed by atoms with Crippen LogP contribution in [0.2, 0.25) is 0 Å². The summed E-state index contributed by atoms with van der Waals surface area (Å²) < 4.78 is 0. The number of guanidine groups is 1. The van der Waals surface area contributed by atoms with Crippen molar-refractivity contribution in [2.45, 2.75) is 126 Å². The molecule has 0 saturated heterocycles. The van der Waals surface area contributed by atoms with E-state index in [1.54, 1.807) is 25.2 Å². The number of nitrogens with one attached hydrogen (secondary N) is 8. The Hall–Kier alpha value is -8.48. The second-order valence-corrected chi connectivity index (χ2v) is 19.6. The molecule has 4 rings (SSSR count). The van der Waals surface area contributed by atoms with Gasteiger partial charge in [-0.2, -0.15) is 0 Å². The van der Waals surface area contributed by atoms with Gasteiger partial charge in [-0.3, -0.25) is 43.3 Å². The molecule has 0 spiro atoms. The molecule has 0 bridgehead atoms. The van der Waals surface area contributed by atoms with Crippen molar-refractivity contribution >= 4 is 70.3 Å². The molecule has 81 heavy (non-hydrogen) atoms. The Bertz CT molecular complexity index is 2730. The molecule has 19 N–H and O–H groups in total. The first kappa shape index (κ1) is 65.0. The second-order valence-electron chi connectivity index (χ2n) is 19.6. The minimum atomic E-state index is -1.38. The maximum absolute atomic E-state index is 14.6. The smallest absolute Gasteiger partial charge is 0.243 e. The molecule has 0 unspecified atom stereocenters. The van der Waals surface area contributed by atoms with Crippen molar-refractivity contribution in [3.8, 4) is 5.75 Å². The van der Waals surface area contributed by atoms with Gasteiger partial charge in [0, 0.05) is 25.8 Å². The number of benzene rings is 4. The summed E-state index contributed by atoms with van der Waals surface area (Å²) in [5, 5.41) is 33.5. The molecule has 24 nitrogen and oxygen atoms in total. The molecule has 4 aromatic carbocycles. The number of nitrogens with two attached hydrogens (primary N) is 5. The molecule has 438 valence electrons. The number of primary amides is 1. The lowest BCUT2D eigenvalue weighted by Crippen LogP contribution is -2.59. The van der Waals surface area contributed by atoms with E-state index in [9.17, 15) is 48.3 Å². The number of hydrogen-bond acceptors (Lipinski definition) is 14. The summed E-state index contributed by atoms with van der Waals surface area (Å²) in [6, 6.07) is 20.0. The lowest BCUT2D eigenvalue weighted by atomic mass is 10.00. The molecule has 8 amide bonds. The highest BCUT2D eigenvalue weighted by Gasteiger charge is 2.33. The first-order chi connectivity index (χ1) is 38.9. The monoisotopic (exact) mass is 1120 g/mol. The topological polar surface area (TPSA) is 413 Å². The van der Waals surface area contributed by atoms with Crippen molar-refractivity contribution in [1.82, 2.24) is 42.5 Å². The molecule has 7 atom stereocenters. The van der Waals surface area contributed by atoms with Crippen LogP contribution in [0.5, 0.6) is 5.75 Å². The third-order valence-corrected chi connectivity index (χ3v) is 13.3. The lowest BCUT2D eigenvalue weighted by molar-refractivity contribution is -0.135. The van der Waals surface area contributed by atoms with Gasteiger partial charge in [0.2, 0.25) is 47.3 Å². The number of aromatic hydroxyl groups is 1. The zero-order chi connectivity index (χ0) is 59.1. The van der Waals surface area contributed by atoms with Crippen LogP contribution in [0.1, 0.15) is 80.9 Å². The lowest BCUT2D eigenvalue weighted by Gasteiger charge is -2.27. The standard InChI is InChI=1S/C57H80N14O10/c1-63-46(32-36-13-3-2-4-14-36)55(80)71-48(33-37-22-25-41(73)26-23-37)56(81)69-44(18-8-10-28-59)53(78)68-45(19-11-29-64-57(61)62)54(79)70-47(34-38-21-24-39-15-5-6-16-40(39)31-38)51(76)65-35-49(74)66-43(20-12-30-72)52(77)67-42(50(60)75)17-7-9-27-58/h2-6,13-16,21-26,30-31,42-48,63,73H,7-12,17-20,27-29,32-35,58-59H2,1H3,(H2,60,75)(H,65,76)(H,66,74)(H,67,77)(H,68,78)(H,69,81)(H,70,79)(H,71,80)(H4,61,62,64)/t42-,43+,44-,45+,46-,47-,48-/m0/s1. The number of fused-ring (bicyclic) bond motifs is 1.